The van der Waals surface area contributed by atoms with Crippen LogP contribution in [0.5, 0.6) is 5.75 Å². The van der Waals surface area contributed by atoms with E-state index in [2.05, 4.69) is 35.5 Å². The molecule has 214 valence electrons. The quantitative estimate of drug-likeness (QED) is 0.272. The van der Waals surface area contributed by atoms with Gasteiger partial charge in [0.25, 0.3) is 0 Å². The molecule has 1 aliphatic heterocycles. The maximum Gasteiger partial charge on any atom is 0.490 e. The molecule has 5 aromatic rings. The highest BCUT2D eigenvalue weighted by Gasteiger charge is 2.38. The fraction of sp³-hybridized carbons (Fsp3) is 0.292. The van der Waals surface area contributed by atoms with Crippen molar-refractivity contribution < 1.29 is 32.5 Å². The highest BCUT2D eigenvalue weighted by molar-refractivity contribution is 5.82. The first kappa shape index (κ1) is 27.5. The average Bonchev–Trinajstić information content (AvgIpc) is 3.61. The number of imidazole rings is 1. The van der Waals surface area contributed by atoms with Crippen LogP contribution in [0.25, 0.3) is 27.8 Å². The number of aromatic amines is 1. The number of ether oxygens (including phenoxy) is 2. The number of morpholine rings is 1. The molecule has 0 radical (unpaired) electrons. The Bertz CT molecular complexity index is 1650. The number of alkyl halides is 3. The summed E-state index contributed by atoms with van der Waals surface area (Å²) in [5.41, 5.74) is 4.10. The number of fused-ring (bicyclic) bond motifs is 2. The van der Waals surface area contributed by atoms with Crippen molar-refractivity contribution in [1.29, 1.82) is 0 Å². The van der Waals surface area contributed by atoms with Gasteiger partial charge in [-0.2, -0.15) is 43.0 Å². The van der Waals surface area contributed by atoms with Crippen LogP contribution >= 0.6 is 0 Å². The zero-order valence-corrected chi connectivity index (χ0v) is 21.5. The maximum atomic E-state index is 10.6. The molecular weight excluding hydrogens is 549 g/mol. The minimum absolute atomic E-state index is 0.415. The fourth-order valence-electron chi connectivity index (χ4n) is 4.01. The van der Waals surface area contributed by atoms with Crippen LogP contribution in [-0.4, -0.2) is 90.4 Å². The molecule has 0 amide bonds. The van der Waals surface area contributed by atoms with E-state index in [0.717, 1.165) is 46.8 Å². The van der Waals surface area contributed by atoms with E-state index in [9.17, 15) is 13.2 Å². The van der Waals surface area contributed by atoms with Gasteiger partial charge in [0.15, 0.2) is 5.65 Å². The zero-order valence-electron chi connectivity index (χ0n) is 21.5. The van der Waals surface area contributed by atoms with Crippen LogP contribution < -0.4 is 15.0 Å². The Morgan fingerprint density at radius 3 is 2.61 bits per heavy atom. The van der Waals surface area contributed by atoms with Crippen molar-refractivity contribution in [3.63, 3.8) is 0 Å². The Balaban J connectivity index is 0.000000431. The van der Waals surface area contributed by atoms with Crippen molar-refractivity contribution in [2.75, 3.05) is 43.6 Å². The van der Waals surface area contributed by atoms with Crippen molar-refractivity contribution in [1.82, 2.24) is 39.7 Å². The summed E-state index contributed by atoms with van der Waals surface area (Å²) in [4.78, 5) is 28.7. The minimum atomic E-state index is -5.08. The lowest BCUT2D eigenvalue weighted by atomic mass is 10.2. The highest BCUT2D eigenvalue weighted by atomic mass is 19.4. The number of hydrogen-bond acceptors (Lipinski definition) is 11. The number of aliphatic carboxylic acids is 1. The van der Waals surface area contributed by atoms with Gasteiger partial charge in [0, 0.05) is 24.2 Å². The molecule has 1 saturated heterocycles. The molecular formula is C24H23F3N10O4. The Labute approximate surface area is 229 Å². The zero-order chi connectivity index (χ0) is 29.0. The number of nitrogens with one attached hydrogen (secondary N) is 2. The number of benzene rings is 1. The SMILES string of the molecule is COc1cccc2[nH]c(CNc3nc(N4CCOCC4)nc4c(-c5ccnnc5)cnn34)nc12.O=C(O)C(F)(F)F. The van der Waals surface area contributed by atoms with Gasteiger partial charge in [0.2, 0.25) is 11.9 Å². The Kier molecular flexibility index (Phi) is 7.77. The molecule has 41 heavy (non-hydrogen) atoms. The molecule has 6 rings (SSSR count). The van der Waals surface area contributed by atoms with Crippen molar-refractivity contribution in [3.8, 4) is 16.9 Å². The van der Waals surface area contributed by atoms with Gasteiger partial charge < -0.3 is 29.8 Å². The summed E-state index contributed by atoms with van der Waals surface area (Å²) in [6, 6.07) is 7.67. The number of halogens is 3. The summed E-state index contributed by atoms with van der Waals surface area (Å²) in [6.45, 7) is 3.13. The van der Waals surface area contributed by atoms with Gasteiger partial charge in [0.1, 0.15) is 17.1 Å². The molecule has 0 unspecified atom stereocenters. The number of nitrogens with zero attached hydrogens (tertiary/aromatic N) is 8. The molecule has 1 aliphatic rings. The lowest BCUT2D eigenvalue weighted by Crippen LogP contribution is -2.37. The maximum absolute atomic E-state index is 10.6. The first-order valence-corrected chi connectivity index (χ1v) is 12.2. The van der Waals surface area contributed by atoms with E-state index in [1.807, 2.05) is 24.3 Å². The summed E-state index contributed by atoms with van der Waals surface area (Å²) in [7, 11) is 1.64. The second-order valence-electron chi connectivity index (χ2n) is 8.57. The molecule has 0 saturated carbocycles. The standard InChI is InChI=1S/C22H22N10O2.C2HF3O2/c1-33-17-4-2-3-16-19(17)28-18(27-16)13-23-21-30-22(31-7-9-34-10-8-31)29-20-15(12-26-32(20)21)14-5-6-24-25-11-14;3-2(4,5)1(6)7/h2-6,11-12H,7-10,13H2,1H3,(H,27,28)(H,23,29,30);(H,6,7). The Morgan fingerprint density at radius 1 is 1.15 bits per heavy atom. The van der Waals surface area contributed by atoms with E-state index < -0.39 is 12.1 Å². The van der Waals surface area contributed by atoms with Crippen molar-refractivity contribution in [2.45, 2.75) is 12.7 Å². The van der Waals surface area contributed by atoms with Gasteiger partial charge in [-0.1, -0.05) is 6.07 Å². The van der Waals surface area contributed by atoms with E-state index >= 15 is 0 Å². The molecule has 4 aromatic heterocycles. The molecule has 0 aliphatic carbocycles. The van der Waals surface area contributed by atoms with E-state index in [1.54, 1.807) is 30.2 Å². The van der Waals surface area contributed by atoms with Gasteiger partial charge in [-0.3, -0.25) is 0 Å². The van der Waals surface area contributed by atoms with Crippen LogP contribution in [-0.2, 0) is 16.1 Å². The fourth-order valence-corrected chi connectivity index (χ4v) is 4.01. The van der Waals surface area contributed by atoms with Crippen LogP contribution in [0, 0.1) is 0 Å². The Morgan fingerprint density at radius 2 is 1.93 bits per heavy atom. The molecule has 5 heterocycles. The number of anilines is 2. The normalized spacial score (nSPS) is 13.6. The topological polar surface area (TPSA) is 169 Å². The molecule has 1 aromatic carbocycles. The molecule has 1 fully saturated rings. The second kappa shape index (κ2) is 11.6. The third-order valence-electron chi connectivity index (χ3n) is 5.95. The van der Waals surface area contributed by atoms with Crippen LogP contribution in [0.1, 0.15) is 5.82 Å². The van der Waals surface area contributed by atoms with Crippen LogP contribution in [0.3, 0.4) is 0 Å². The van der Waals surface area contributed by atoms with Crippen molar-refractivity contribution in [3.05, 3.63) is 48.7 Å². The third kappa shape index (κ3) is 6.08. The lowest BCUT2D eigenvalue weighted by molar-refractivity contribution is -0.192. The summed E-state index contributed by atoms with van der Waals surface area (Å²) >= 11 is 0. The van der Waals surface area contributed by atoms with Crippen LogP contribution in [0.15, 0.2) is 42.9 Å². The number of rotatable bonds is 6. The van der Waals surface area contributed by atoms with Crippen molar-refractivity contribution >= 4 is 34.5 Å². The second-order valence-corrected chi connectivity index (χ2v) is 8.57. The predicted octanol–water partition coefficient (Wildman–Crippen LogP) is 2.55. The van der Waals surface area contributed by atoms with Gasteiger partial charge >= 0.3 is 12.1 Å². The molecule has 3 N–H and O–H groups in total. The third-order valence-corrected chi connectivity index (χ3v) is 5.95. The summed E-state index contributed by atoms with van der Waals surface area (Å²) in [5.74, 6) is -0.0976. The van der Waals surface area contributed by atoms with Gasteiger partial charge in [-0.25, -0.2) is 9.78 Å². The number of carboxylic acid groups (broad SMARTS) is 1. The first-order chi connectivity index (χ1) is 19.7. The van der Waals surface area contributed by atoms with E-state index in [1.165, 1.54) is 0 Å². The highest BCUT2D eigenvalue weighted by Crippen LogP contribution is 2.27. The minimum Gasteiger partial charge on any atom is -0.494 e. The largest absolute Gasteiger partial charge is 0.494 e. The van der Waals surface area contributed by atoms with Gasteiger partial charge in [-0.15, -0.1) is 0 Å². The van der Waals surface area contributed by atoms with Gasteiger partial charge in [-0.05, 0) is 18.2 Å². The molecule has 14 nitrogen and oxygen atoms in total. The summed E-state index contributed by atoms with van der Waals surface area (Å²) in [6.07, 6.45) is 0.0295. The lowest BCUT2D eigenvalue weighted by Gasteiger charge is -2.27. The summed E-state index contributed by atoms with van der Waals surface area (Å²) < 4.78 is 44.4. The predicted molar refractivity (Wildman–Crippen MR) is 139 cm³/mol. The molecule has 0 atom stereocenters. The first-order valence-electron chi connectivity index (χ1n) is 12.2. The number of carboxylic acids is 1. The van der Waals surface area contributed by atoms with E-state index in [4.69, 9.17) is 29.3 Å². The number of H-pyrrole nitrogens is 1. The monoisotopic (exact) mass is 572 g/mol. The van der Waals surface area contributed by atoms with Crippen LogP contribution in [0.2, 0.25) is 0 Å². The van der Waals surface area contributed by atoms with Crippen molar-refractivity contribution in [2.24, 2.45) is 0 Å². The Hall–Kier alpha value is -5.06. The summed E-state index contributed by atoms with van der Waals surface area (Å²) in [5, 5.41) is 22.9. The number of methoxy groups -OCH3 is 1. The average molecular weight is 573 g/mol. The number of para-hydroxylation sites is 1. The van der Waals surface area contributed by atoms with E-state index in [0.29, 0.717) is 37.3 Å². The van der Waals surface area contributed by atoms with Gasteiger partial charge in [0.05, 0.1) is 51.0 Å². The van der Waals surface area contributed by atoms with Crippen LogP contribution in [0.4, 0.5) is 25.1 Å². The number of aromatic nitrogens is 8. The molecule has 0 spiro atoms. The number of hydrogen-bond donors (Lipinski definition) is 3. The number of carbonyl (C=O) groups is 1. The molecule has 0 bridgehead atoms. The van der Waals surface area contributed by atoms with E-state index in [-0.39, 0.29) is 0 Å². The smallest absolute Gasteiger partial charge is 0.490 e. The molecule has 17 heteroatoms.